The maximum Gasteiger partial charge on any atom is 0.344 e. The Hall–Kier alpha value is -1.17. The van der Waals surface area contributed by atoms with Crippen LogP contribution in [-0.4, -0.2) is 33.8 Å². The summed E-state index contributed by atoms with van der Waals surface area (Å²) in [6.07, 6.45) is 1.65. The lowest BCUT2D eigenvalue weighted by molar-refractivity contribution is 0.201. The first-order chi connectivity index (χ1) is 10.5. The summed E-state index contributed by atoms with van der Waals surface area (Å²) >= 11 is 13.9. The first-order valence-corrected chi connectivity index (χ1v) is 8.52. The average Bonchev–Trinajstić information content (AvgIpc) is 2.97. The van der Waals surface area contributed by atoms with E-state index in [4.69, 9.17) is 23.2 Å². The third kappa shape index (κ3) is 3.59. The number of benzene rings is 1. The quantitative estimate of drug-likeness (QED) is 0.775. The number of carbonyl (C=O) groups is 1. The highest BCUT2D eigenvalue weighted by atomic mass is 35.5. The fourth-order valence-electron chi connectivity index (χ4n) is 1.94. The van der Waals surface area contributed by atoms with E-state index in [1.54, 1.807) is 17.2 Å². The van der Waals surface area contributed by atoms with Crippen LogP contribution in [0, 0.1) is 6.92 Å². The maximum atomic E-state index is 12.2. The average molecular weight is 358 g/mol. The Bertz CT molecular complexity index is 683. The van der Waals surface area contributed by atoms with E-state index in [1.807, 2.05) is 32.9 Å². The Balaban J connectivity index is 2.23. The number of nitrogens with zero attached hydrogens (tertiary/aromatic N) is 3. The zero-order chi connectivity index (χ0) is 16.3. The van der Waals surface area contributed by atoms with Crippen molar-refractivity contribution >= 4 is 41.0 Å². The van der Waals surface area contributed by atoms with Crippen molar-refractivity contribution in [3.63, 3.8) is 0 Å². The molecule has 22 heavy (non-hydrogen) atoms. The van der Waals surface area contributed by atoms with Crippen molar-refractivity contribution in [1.29, 1.82) is 0 Å². The summed E-state index contributed by atoms with van der Waals surface area (Å²) in [5, 5.41) is 6.17. The molecule has 118 valence electrons. The van der Waals surface area contributed by atoms with E-state index < -0.39 is 0 Å². The number of aromatic nitrogens is 2. The van der Waals surface area contributed by atoms with Crippen molar-refractivity contribution in [2.24, 2.45) is 0 Å². The van der Waals surface area contributed by atoms with Crippen molar-refractivity contribution in [2.75, 3.05) is 13.1 Å². The molecule has 0 atom stereocenters. The second-order valence-electron chi connectivity index (χ2n) is 4.66. The predicted octanol–water partition coefficient (Wildman–Crippen LogP) is 4.96. The van der Waals surface area contributed by atoms with Crippen molar-refractivity contribution in [2.45, 2.75) is 30.7 Å². The molecule has 0 N–H and O–H groups in total. The Morgan fingerprint density at radius 1 is 1.27 bits per heavy atom. The van der Waals surface area contributed by atoms with Gasteiger partial charge in [-0.3, -0.25) is 0 Å². The van der Waals surface area contributed by atoms with Crippen LogP contribution in [0.5, 0.6) is 0 Å². The van der Waals surface area contributed by atoms with E-state index in [-0.39, 0.29) is 6.03 Å². The van der Waals surface area contributed by atoms with Crippen LogP contribution < -0.4 is 0 Å². The maximum absolute atomic E-state index is 12.2. The molecule has 0 saturated carbocycles. The molecule has 0 radical (unpaired) electrons. The van der Waals surface area contributed by atoms with Crippen molar-refractivity contribution < 1.29 is 4.79 Å². The van der Waals surface area contributed by atoms with Gasteiger partial charge in [0.2, 0.25) is 0 Å². The lowest BCUT2D eigenvalue weighted by Crippen LogP contribution is -2.34. The standard InChI is InChI=1S/C15H17Cl2N3OS/c1-4-19(5-2)15(21)20-9-8-12(18-20)22-14-11(16)7-6-10(3)13(14)17/h6-9H,4-5H2,1-3H3. The highest BCUT2D eigenvalue weighted by Gasteiger charge is 2.16. The molecule has 4 nitrogen and oxygen atoms in total. The fourth-order valence-corrected chi connectivity index (χ4v) is 3.42. The summed E-state index contributed by atoms with van der Waals surface area (Å²) in [5.41, 5.74) is 0.951. The van der Waals surface area contributed by atoms with Gasteiger partial charge in [0.05, 0.1) is 14.9 Å². The van der Waals surface area contributed by atoms with E-state index in [2.05, 4.69) is 5.10 Å². The molecular weight excluding hydrogens is 341 g/mol. The van der Waals surface area contributed by atoms with Gasteiger partial charge in [-0.15, -0.1) is 0 Å². The van der Waals surface area contributed by atoms with Gasteiger partial charge in [-0.25, -0.2) is 4.79 Å². The van der Waals surface area contributed by atoms with Gasteiger partial charge >= 0.3 is 6.03 Å². The molecule has 1 aromatic heterocycles. The molecule has 2 aromatic rings. The van der Waals surface area contributed by atoms with Gasteiger partial charge in [0.15, 0.2) is 0 Å². The Morgan fingerprint density at radius 2 is 1.95 bits per heavy atom. The number of hydrogen-bond donors (Lipinski definition) is 0. The second-order valence-corrected chi connectivity index (χ2v) is 6.48. The zero-order valence-electron chi connectivity index (χ0n) is 12.6. The van der Waals surface area contributed by atoms with Crippen LogP contribution in [0.1, 0.15) is 19.4 Å². The third-order valence-electron chi connectivity index (χ3n) is 3.24. The smallest absolute Gasteiger partial charge is 0.323 e. The summed E-state index contributed by atoms with van der Waals surface area (Å²) in [6, 6.07) is 5.32. The molecular formula is C15H17Cl2N3OS. The van der Waals surface area contributed by atoms with E-state index in [9.17, 15) is 4.79 Å². The van der Waals surface area contributed by atoms with E-state index >= 15 is 0 Å². The van der Waals surface area contributed by atoms with Crippen LogP contribution in [0.25, 0.3) is 0 Å². The Labute approximate surface area is 144 Å². The van der Waals surface area contributed by atoms with Gasteiger partial charge < -0.3 is 4.90 Å². The summed E-state index contributed by atoms with van der Waals surface area (Å²) in [5.74, 6) is 0. The van der Waals surface area contributed by atoms with Gasteiger partial charge in [0.25, 0.3) is 0 Å². The molecule has 1 heterocycles. The van der Waals surface area contributed by atoms with E-state index in [0.717, 1.165) is 10.5 Å². The number of rotatable bonds is 4. The number of aryl methyl sites for hydroxylation is 1. The van der Waals surface area contributed by atoms with E-state index in [1.165, 1.54) is 16.4 Å². The largest absolute Gasteiger partial charge is 0.344 e. The molecule has 0 bridgehead atoms. The lowest BCUT2D eigenvalue weighted by Gasteiger charge is -2.17. The minimum atomic E-state index is -0.140. The normalized spacial score (nSPS) is 10.8. The monoisotopic (exact) mass is 357 g/mol. The number of hydrogen-bond acceptors (Lipinski definition) is 3. The topological polar surface area (TPSA) is 38.1 Å². The highest BCUT2D eigenvalue weighted by molar-refractivity contribution is 7.99. The minimum Gasteiger partial charge on any atom is -0.323 e. The number of halogens is 2. The van der Waals surface area contributed by atoms with Crippen LogP contribution in [-0.2, 0) is 0 Å². The van der Waals surface area contributed by atoms with Crippen LogP contribution in [0.4, 0.5) is 4.79 Å². The van der Waals surface area contributed by atoms with Crippen LogP contribution in [0.3, 0.4) is 0 Å². The molecule has 0 spiro atoms. The highest BCUT2D eigenvalue weighted by Crippen LogP contribution is 2.39. The molecule has 1 amide bonds. The molecule has 2 rings (SSSR count). The zero-order valence-corrected chi connectivity index (χ0v) is 15.0. The summed E-state index contributed by atoms with van der Waals surface area (Å²) in [4.78, 5) is 14.7. The van der Waals surface area contributed by atoms with Crippen LogP contribution in [0.15, 0.2) is 34.3 Å². The Morgan fingerprint density at radius 3 is 2.59 bits per heavy atom. The van der Waals surface area contributed by atoms with Crippen molar-refractivity contribution in [1.82, 2.24) is 14.7 Å². The lowest BCUT2D eigenvalue weighted by atomic mass is 10.2. The third-order valence-corrected chi connectivity index (χ3v) is 5.32. The SMILES string of the molecule is CCN(CC)C(=O)n1ccc(Sc2c(Cl)ccc(C)c2Cl)n1. The second kappa shape index (κ2) is 7.40. The Kier molecular flexibility index (Phi) is 5.78. The first-order valence-electron chi connectivity index (χ1n) is 6.95. The molecule has 0 aliphatic heterocycles. The molecule has 0 fully saturated rings. The van der Waals surface area contributed by atoms with Gasteiger partial charge in [-0.1, -0.05) is 41.0 Å². The number of amides is 1. The molecule has 1 aromatic carbocycles. The molecule has 7 heteroatoms. The van der Waals surface area contributed by atoms with E-state index in [0.29, 0.717) is 28.2 Å². The molecule has 0 aliphatic carbocycles. The summed E-state index contributed by atoms with van der Waals surface area (Å²) in [6.45, 7) is 7.09. The van der Waals surface area contributed by atoms with Gasteiger partial charge in [-0.2, -0.15) is 9.78 Å². The first kappa shape index (κ1) is 17.2. The van der Waals surface area contributed by atoms with Gasteiger partial charge in [-0.05, 0) is 38.5 Å². The van der Waals surface area contributed by atoms with Crippen LogP contribution in [0.2, 0.25) is 10.0 Å². The molecule has 0 unspecified atom stereocenters. The van der Waals surface area contributed by atoms with Gasteiger partial charge in [0, 0.05) is 19.3 Å². The molecule has 0 aliphatic rings. The van der Waals surface area contributed by atoms with Crippen molar-refractivity contribution in [3.8, 4) is 0 Å². The minimum absolute atomic E-state index is 0.140. The predicted molar refractivity (Wildman–Crippen MR) is 91.3 cm³/mol. The fraction of sp³-hybridized carbons (Fsp3) is 0.333. The molecule has 0 saturated heterocycles. The van der Waals surface area contributed by atoms with Crippen molar-refractivity contribution in [3.05, 3.63) is 40.0 Å². The summed E-state index contributed by atoms with van der Waals surface area (Å²) in [7, 11) is 0. The van der Waals surface area contributed by atoms with Crippen LogP contribution >= 0.6 is 35.0 Å². The summed E-state index contributed by atoms with van der Waals surface area (Å²) < 4.78 is 1.34. The van der Waals surface area contributed by atoms with Gasteiger partial charge in [0.1, 0.15) is 5.03 Å². The number of carbonyl (C=O) groups excluding carboxylic acids is 1.